The van der Waals surface area contributed by atoms with E-state index in [0.29, 0.717) is 17.0 Å². The summed E-state index contributed by atoms with van der Waals surface area (Å²) in [5.74, 6) is 2.62. The smallest absolute Gasteiger partial charge is 0.0965 e. The molecule has 1 nitrogen and oxygen atoms in total. The monoisotopic (exact) mass is 338 g/mol. The molecule has 3 saturated carbocycles. The van der Waals surface area contributed by atoms with E-state index < -0.39 is 7.14 Å². The molecule has 0 aromatic rings. The summed E-state index contributed by atoms with van der Waals surface area (Å²) in [4.78, 5) is 0. The Hall–Kier alpha value is 0.230. The summed E-state index contributed by atoms with van der Waals surface area (Å²) in [6.45, 7) is 7.18. The van der Waals surface area contributed by atoms with Gasteiger partial charge in [-0.3, -0.25) is 0 Å². The lowest BCUT2D eigenvalue weighted by Crippen LogP contribution is -2.33. The fourth-order valence-electron chi connectivity index (χ4n) is 5.83. The van der Waals surface area contributed by atoms with E-state index in [1.54, 1.807) is 0 Å². The van der Waals surface area contributed by atoms with Crippen molar-refractivity contribution in [1.82, 2.24) is 0 Å². The highest BCUT2D eigenvalue weighted by molar-refractivity contribution is 7.66. The first-order valence-corrected chi connectivity index (χ1v) is 12.5. The van der Waals surface area contributed by atoms with E-state index in [9.17, 15) is 4.57 Å². The van der Waals surface area contributed by atoms with Crippen molar-refractivity contribution in [2.75, 3.05) is 0 Å². The van der Waals surface area contributed by atoms with Crippen molar-refractivity contribution < 1.29 is 4.57 Å². The molecule has 0 spiro atoms. The molecule has 0 bridgehead atoms. The predicted octanol–water partition coefficient (Wildman–Crippen LogP) is 7.09. The molecule has 0 saturated heterocycles. The minimum Gasteiger partial charge on any atom is -0.323 e. The zero-order valence-electron chi connectivity index (χ0n) is 15.8. The van der Waals surface area contributed by atoms with Crippen molar-refractivity contribution in [2.45, 2.75) is 115 Å². The van der Waals surface area contributed by atoms with Gasteiger partial charge in [-0.25, -0.2) is 0 Å². The Morgan fingerprint density at radius 2 is 0.696 bits per heavy atom. The average Bonchev–Trinajstić information content (AvgIpc) is 2.56. The van der Waals surface area contributed by atoms with E-state index in [4.69, 9.17) is 0 Å². The molecule has 0 heterocycles. The van der Waals surface area contributed by atoms with Gasteiger partial charge in [-0.05, 0) is 56.3 Å². The molecule has 2 heteroatoms. The molecule has 0 aliphatic heterocycles. The molecule has 0 amide bonds. The quantitative estimate of drug-likeness (QED) is 0.502. The van der Waals surface area contributed by atoms with E-state index in [-0.39, 0.29) is 0 Å². The zero-order chi connectivity index (χ0) is 16.4. The van der Waals surface area contributed by atoms with Gasteiger partial charge >= 0.3 is 0 Å². The van der Waals surface area contributed by atoms with Gasteiger partial charge in [0.2, 0.25) is 0 Å². The van der Waals surface area contributed by atoms with E-state index >= 15 is 0 Å². The second-order valence-electron chi connectivity index (χ2n) is 9.50. The molecule has 3 aliphatic carbocycles. The van der Waals surface area contributed by atoms with Gasteiger partial charge in [0.05, 0.1) is 7.14 Å². The summed E-state index contributed by atoms with van der Waals surface area (Å²) < 4.78 is 14.6. The van der Waals surface area contributed by atoms with E-state index in [2.05, 4.69) is 20.8 Å². The Morgan fingerprint density at radius 3 is 0.913 bits per heavy atom. The van der Waals surface area contributed by atoms with Gasteiger partial charge in [-0.2, -0.15) is 0 Å². The van der Waals surface area contributed by atoms with Gasteiger partial charge in [0.15, 0.2) is 0 Å². The van der Waals surface area contributed by atoms with Crippen molar-refractivity contribution in [3.05, 3.63) is 0 Å². The first kappa shape index (κ1) is 18.0. The molecule has 3 fully saturated rings. The van der Waals surface area contributed by atoms with Gasteiger partial charge in [-0.1, -0.05) is 59.3 Å². The largest absolute Gasteiger partial charge is 0.323 e. The van der Waals surface area contributed by atoms with Crippen LogP contribution in [0.15, 0.2) is 0 Å². The van der Waals surface area contributed by atoms with Crippen LogP contribution in [0.3, 0.4) is 0 Å². The van der Waals surface area contributed by atoms with Crippen LogP contribution in [0, 0.1) is 17.8 Å². The van der Waals surface area contributed by atoms with Crippen LogP contribution in [-0.2, 0) is 4.57 Å². The Kier molecular flexibility index (Phi) is 5.99. The van der Waals surface area contributed by atoms with Crippen LogP contribution in [0.25, 0.3) is 0 Å². The van der Waals surface area contributed by atoms with Crippen LogP contribution in [0.2, 0.25) is 0 Å². The maximum atomic E-state index is 14.6. The van der Waals surface area contributed by atoms with Gasteiger partial charge < -0.3 is 4.57 Å². The van der Waals surface area contributed by atoms with Gasteiger partial charge in [0.25, 0.3) is 0 Å². The van der Waals surface area contributed by atoms with E-state index in [1.807, 2.05) is 0 Å². The van der Waals surface area contributed by atoms with Crippen molar-refractivity contribution >= 4 is 7.14 Å². The third-order valence-electron chi connectivity index (χ3n) is 7.67. The fourth-order valence-corrected chi connectivity index (χ4v) is 10.9. The molecule has 0 atom stereocenters. The lowest BCUT2D eigenvalue weighted by Gasteiger charge is -2.46. The second-order valence-corrected chi connectivity index (χ2v) is 13.2. The molecule has 134 valence electrons. The summed E-state index contributed by atoms with van der Waals surface area (Å²) in [7, 11) is -2.03. The Morgan fingerprint density at radius 1 is 0.478 bits per heavy atom. The molecular weight excluding hydrogens is 299 g/mol. The zero-order valence-corrected chi connectivity index (χ0v) is 16.7. The molecule has 3 rings (SSSR count). The number of hydrogen-bond donors (Lipinski definition) is 0. The lowest BCUT2D eigenvalue weighted by molar-refractivity contribution is 0.339. The first-order chi connectivity index (χ1) is 11.0. The third kappa shape index (κ3) is 3.91. The Balaban J connectivity index is 1.78. The summed E-state index contributed by atoms with van der Waals surface area (Å²) in [5.41, 5.74) is 1.78. The molecule has 0 aromatic carbocycles. The Bertz CT molecular complexity index is 346. The van der Waals surface area contributed by atoms with Gasteiger partial charge in [0, 0.05) is 17.0 Å². The SMILES string of the molecule is CC1CCC(P(=O)(C2CCC(C)CC2)C2CCC(C)CC2)CC1. The van der Waals surface area contributed by atoms with Crippen molar-refractivity contribution in [2.24, 2.45) is 17.8 Å². The van der Waals surface area contributed by atoms with E-state index in [1.165, 1.54) is 77.0 Å². The van der Waals surface area contributed by atoms with Gasteiger partial charge in [0.1, 0.15) is 0 Å². The maximum Gasteiger partial charge on any atom is 0.0965 e. The standard InChI is InChI=1S/C21H39OP/c1-16-4-10-19(11-5-16)23(22,20-12-6-17(2)7-13-20)21-14-8-18(3)9-15-21/h16-21H,4-15H2,1-3H3. The minimum atomic E-state index is -2.03. The van der Waals surface area contributed by atoms with Crippen molar-refractivity contribution in [3.8, 4) is 0 Å². The molecular formula is C21H39OP. The molecule has 0 unspecified atom stereocenters. The maximum absolute atomic E-state index is 14.6. The minimum absolute atomic E-state index is 0.593. The highest BCUT2D eigenvalue weighted by Crippen LogP contribution is 2.68. The van der Waals surface area contributed by atoms with Crippen LogP contribution in [0.4, 0.5) is 0 Å². The Labute approximate surface area is 144 Å². The molecule has 3 aliphatic rings. The number of hydrogen-bond acceptors (Lipinski definition) is 1. The summed E-state index contributed by atoms with van der Waals surface area (Å²) in [6, 6.07) is 0. The molecule has 23 heavy (non-hydrogen) atoms. The second kappa shape index (κ2) is 7.63. The molecule has 0 radical (unpaired) electrons. The summed E-state index contributed by atoms with van der Waals surface area (Å²) in [5, 5.41) is 0. The van der Waals surface area contributed by atoms with Crippen LogP contribution < -0.4 is 0 Å². The van der Waals surface area contributed by atoms with Crippen LogP contribution in [0.1, 0.15) is 97.8 Å². The number of rotatable bonds is 3. The fraction of sp³-hybridized carbons (Fsp3) is 1.00. The summed E-state index contributed by atoms with van der Waals surface area (Å²) >= 11 is 0. The normalized spacial score (nSPS) is 45.3. The van der Waals surface area contributed by atoms with Crippen LogP contribution >= 0.6 is 7.14 Å². The average molecular weight is 339 g/mol. The van der Waals surface area contributed by atoms with Gasteiger partial charge in [-0.15, -0.1) is 0 Å². The van der Waals surface area contributed by atoms with Crippen molar-refractivity contribution in [1.29, 1.82) is 0 Å². The first-order valence-electron chi connectivity index (χ1n) is 10.6. The molecule has 0 aromatic heterocycles. The predicted molar refractivity (Wildman–Crippen MR) is 102 cm³/mol. The summed E-state index contributed by atoms with van der Waals surface area (Å²) in [6.07, 6.45) is 15.7. The topological polar surface area (TPSA) is 17.1 Å². The van der Waals surface area contributed by atoms with E-state index in [0.717, 1.165) is 17.8 Å². The lowest BCUT2D eigenvalue weighted by atomic mass is 9.89. The van der Waals surface area contributed by atoms with Crippen molar-refractivity contribution in [3.63, 3.8) is 0 Å². The van der Waals surface area contributed by atoms with Crippen LogP contribution in [0.5, 0.6) is 0 Å². The highest BCUT2D eigenvalue weighted by atomic mass is 31.2. The third-order valence-corrected chi connectivity index (χ3v) is 12.6. The highest BCUT2D eigenvalue weighted by Gasteiger charge is 2.47. The van der Waals surface area contributed by atoms with Crippen LogP contribution in [-0.4, -0.2) is 17.0 Å². The molecule has 0 N–H and O–H groups in total.